The fourth-order valence-electron chi connectivity index (χ4n) is 3.93. The van der Waals surface area contributed by atoms with Gasteiger partial charge in [0.05, 0.1) is 6.04 Å². The highest BCUT2D eigenvalue weighted by atomic mass is 19.1. The molecule has 0 radical (unpaired) electrons. The molecule has 6 heteroatoms. The normalized spacial score (nSPS) is 16.8. The number of fused-ring (bicyclic) bond motifs is 1. The molecule has 0 aromatic heterocycles. The van der Waals surface area contributed by atoms with Crippen LogP contribution in [0, 0.1) is 11.7 Å². The third-order valence-electron chi connectivity index (χ3n) is 5.40. The van der Waals surface area contributed by atoms with Crippen LogP contribution in [0.5, 0.6) is 5.75 Å². The fraction of sp³-hybridized carbons (Fsp3) is 0.440. The van der Waals surface area contributed by atoms with Crippen LogP contribution in [0.25, 0.3) is 0 Å². The van der Waals surface area contributed by atoms with Gasteiger partial charge in [-0.15, -0.1) is 0 Å². The minimum atomic E-state index is -0.662. The maximum atomic E-state index is 14.1. The number of benzene rings is 2. The van der Waals surface area contributed by atoms with Gasteiger partial charge in [-0.05, 0) is 68.1 Å². The van der Waals surface area contributed by atoms with Gasteiger partial charge in [-0.25, -0.2) is 4.39 Å². The molecule has 2 aromatic carbocycles. The van der Waals surface area contributed by atoms with E-state index >= 15 is 0 Å². The molecular formula is C25H31FN2O3. The second kappa shape index (κ2) is 9.50. The number of nitrogens with one attached hydrogen (secondary N) is 1. The minimum Gasteiger partial charge on any atom is -0.481 e. The Morgan fingerprint density at radius 1 is 1.10 bits per heavy atom. The van der Waals surface area contributed by atoms with Gasteiger partial charge in [0.15, 0.2) is 6.10 Å². The Labute approximate surface area is 183 Å². The fourth-order valence-corrected chi connectivity index (χ4v) is 3.93. The van der Waals surface area contributed by atoms with E-state index in [9.17, 15) is 14.0 Å². The number of ether oxygens (including phenoxy) is 1. The lowest BCUT2D eigenvalue weighted by atomic mass is 9.87. The van der Waals surface area contributed by atoms with Gasteiger partial charge < -0.3 is 15.0 Å². The zero-order chi connectivity index (χ0) is 22.7. The summed E-state index contributed by atoms with van der Waals surface area (Å²) in [6, 6.07) is 11.7. The number of carbonyl (C=O) groups excluding carboxylic acids is 2. The molecular weight excluding hydrogens is 395 g/mol. The van der Waals surface area contributed by atoms with Crippen LogP contribution in [0.4, 0.5) is 4.39 Å². The first-order valence-corrected chi connectivity index (χ1v) is 10.8. The molecule has 1 N–H and O–H groups in total. The van der Waals surface area contributed by atoms with Gasteiger partial charge in [0.25, 0.3) is 5.91 Å². The van der Waals surface area contributed by atoms with Crippen LogP contribution in [0.15, 0.2) is 42.5 Å². The number of amides is 2. The Morgan fingerprint density at radius 2 is 1.84 bits per heavy atom. The van der Waals surface area contributed by atoms with Crippen LogP contribution < -0.4 is 10.1 Å². The molecule has 0 bridgehead atoms. The summed E-state index contributed by atoms with van der Waals surface area (Å²) in [5, 5.41) is 2.84. The van der Waals surface area contributed by atoms with Crippen LogP contribution in [0.1, 0.15) is 57.4 Å². The number of nitrogens with zero attached hydrogens (tertiary/aromatic N) is 1. The Hall–Kier alpha value is -2.89. The van der Waals surface area contributed by atoms with Crippen LogP contribution in [0.3, 0.4) is 0 Å². The average molecular weight is 427 g/mol. The first-order valence-electron chi connectivity index (χ1n) is 10.8. The smallest absolute Gasteiger partial charge is 0.260 e. The van der Waals surface area contributed by atoms with Crippen molar-refractivity contribution < 1.29 is 18.7 Å². The predicted molar refractivity (Wildman–Crippen MR) is 118 cm³/mol. The van der Waals surface area contributed by atoms with E-state index in [1.165, 1.54) is 12.1 Å². The second-order valence-electron chi connectivity index (χ2n) is 8.68. The highest BCUT2D eigenvalue weighted by molar-refractivity contribution is 5.81. The zero-order valence-corrected chi connectivity index (χ0v) is 18.8. The maximum Gasteiger partial charge on any atom is 0.260 e. The molecule has 1 aliphatic heterocycles. The van der Waals surface area contributed by atoms with Gasteiger partial charge >= 0.3 is 0 Å². The van der Waals surface area contributed by atoms with E-state index < -0.39 is 12.1 Å². The lowest BCUT2D eigenvalue weighted by molar-refractivity contribution is -0.136. The number of halogens is 1. The molecule has 1 heterocycles. The van der Waals surface area contributed by atoms with Crippen molar-refractivity contribution in [2.45, 2.75) is 59.2 Å². The quantitative estimate of drug-likeness (QED) is 0.751. The molecule has 5 nitrogen and oxygen atoms in total. The molecule has 31 heavy (non-hydrogen) atoms. The molecule has 2 amide bonds. The largest absolute Gasteiger partial charge is 0.481 e. The number of rotatable bonds is 6. The van der Waals surface area contributed by atoms with Crippen molar-refractivity contribution in [3.63, 3.8) is 0 Å². The zero-order valence-electron chi connectivity index (χ0n) is 18.8. The average Bonchev–Trinajstić information content (AvgIpc) is 2.71. The van der Waals surface area contributed by atoms with Crippen LogP contribution in [0.2, 0.25) is 0 Å². The van der Waals surface area contributed by atoms with Gasteiger partial charge in [-0.1, -0.05) is 32.0 Å². The molecule has 0 fully saturated rings. The number of hydrogen-bond acceptors (Lipinski definition) is 3. The summed E-state index contributed by atoms with van der Waals surface area (Å²) >= 11 is 0. The van der Waals surface area contributed by atoms with E-state index in [0.29, 0.717) is 18.7 Å². The lowest BCUT2D eigenvalue weighted by Gasteiger charge is -2.39. The molecule has 0 aliphatic carbocycles. The van der Waals surface area contributed by atoms with Gasteiger partial charge in [0, 0.05) is 18.5 Å². The van der Waals surface area contributed by atoms with E-state index in [0.717, 1.165) is 16.7 Å². The predicted octanol–water partition coefficient (Wildman–Crippen LogP) is 4.25. The highest BCUT2D eigenvalue weighted by Crippen LogP contribution is 2.38. The van der Waals surface area contributed by atoms with Gasteiger partial charge in [-0.2, -0.15) is 0 Å². The van der Waals surface area contributed by atoms with Crippen molar-refractivity contribution in [2.75, 3.05) is 6.54 Å². The second-order valence-corrected chi connectivity index (χ2v) is 8.68. The van der Waals surface area contributed by atoms with E-state index in [-0.39, 0.29) is 29.6 Å². The van der Waals surface area contributed by atoms with Gasteiger partial charge in [0.1, 0.15) is 11.6 Å². The van der Waals surface area contributed by atoms with Crippen molar-refractivity contribution in [3.05, 3.63) is 65.0 Å². The topological polar surface area (TPSA) is 58.6 Å². The van der Waals surface area contributed by atoms with Crippen molar-refractivity contribution in [1.82, 2.24) is 10.2 Å². The Balaban J connectivity index is 1.99. The molecule has 0 saturated carbocycles. The summed E-state index contributed by atoms with van der Waals surface area (Å²) in [5.41, 5.74) is 2.71. The summed E-state index contributed by atoms with van der Waals surface area (Å²) in [5.74, 6) is -0.128. The maximum absolute atomic E-state index is 14.1. The van der Waals surface area contributed by atoms with Crippen LogP contribution >= 0.6 is 0 Å². The molecule has 2 unspecified atom stereocenters. The van der Waals surface area contributed by atoms with Gasteiger partial charge in [-0.3, -0.25) is 9.59 Å². The Bertz CT molecular complexity index is 958. The summed E-state index contributed by atoms with van der Waals surface area (Å²) in [4.78, 5) is 27.1. The summed E-state index contributed by atoms with van der Waals surface area (Å²) < 4.78 is 20.0. The number of carbonyl (C=O) groups is 2. The van der Waals surface area contributed by atoms with Crippen LogP contribution in [-0.4, -0.2) is 35.4 Å². The first-order chi connectivity index (χ1) is 14.7. The van der Waals surface area contributed by atoms with Crippen molar-refractivity contribution in [1.29, 1.82) is 0 Å². The molecule has 3 rings (SSSR count). The highest BCUT2D eigenvalue weighted by Gasteiger charge is 2.33. The first kappa shape index (κ1) is 22.8. The van der Waals surface area contributed by atoms with Gasteiger partial charge in [0.2, 0.25) is 5.91 Å². The van der Waals surface area contributed by atoms with E-state index in [1.54, 1.807) is 13.0 Å². The van der Waals surface area contributed by atoms with E-state index in [2.05, 4.69) is 5.32 Å². The summed E-state index contributed by atoms with van der Waals surface area (Å²) in [7, 11) is 0. The molecule has 0 saturated heterocycles. The Kier molecular flexibility index (Phi) is 6.98. The molecule has 166 valence electrons. The molecule has 0 spiro atoms. The van der Waals surface area contributed by atoms with Crippen molar-refractivity contribution in [2.24, 2.45) is 5.92 Å². The SMILES string of the molecule is CC(C)NC(=O)C(C)Oc1ccc2c(c1)C(c1cccc(F)c1)N(C(=O)C(C)C)CC2. The lowest BCUT2D eigenvalue weighted by Crippen LogP contribution is -2.42. The molecule has 1 aliphatic rings. The summed E-state index contributed by atoms with van der Waals surface area (Å²) in [6.07, 6.45) is 0.0496. The summed E-state index contributed by atoms with van der Waals surface area (Å²) in [6.45, 7) is 9.80. The third-order valence-corrected chi connectivity index (χ3v) is 5.40. The van der Waals surface area contributed by atoms with Crippen molar-refractivity contribution in [3.8, 4) is 5.75 Å². The van der Waals surface area contributed by atoms with E-state index in [1.807, 2.05) is 56.9 Å². The number of hydrogen-bond donors (Lipinski definition) is 1. The minimum absolute atomic E-state index is 0.0232. The van der Waals surface area contributed by atoms with Crippen LogP contribution in [-0.2, 0) is 16.0 Å². The Morgan fingerprint density at radius 3 is 2.48 bits per heavy atom. The molecule has 2 atom stereocenters. The van der Waals surface area contributed by atoms with E-state index in [4.69, 9.17) is 4.74 Å². The van der Waals surface area contributed by atoms with Crippen molar-refractivity contribution >= 4 is 11.8 Å². The monoisotopic (exact) mass is 426 g/mol. The standard InChI is InChI=1S/C25H31FN2O3/c1-15(2)25(30)28-12-11-18-9-10-21(31-17(5)24(29)27-16(3)4)14-22(18)23(28)19-7-6-8-20(26)13-19/h6-10,13-17,23H,11-12H2,1-5H3,(H,27,29). The molecule has 2 aromatic rings. The third kappa shape index (κ3) is 5.24.